The lowest BCUT2D eigenvalue weighted by Crippen LogP contribution is -2.47. The summed E-state index contributed by atoms with van der Waals surface area (Å²) in [6.45, 7) is 1.32. The van der Waals surface area contributed by atoms with Crippen LogP contribution >= 0.6 is 0 Å². The lowest BCUT2D eigenvalue weighted by atomic mass is 10.1. The molecule has 1 heterocycles. The normalized spacial score (nSPS) is 13.8. The van der Waals surface area contributed by atoms with Crippen LogP contribution in [0.5, 0.6) is 0 Å². The molecule has 7 heteroatoms. The van der Waals surface area contributed by atoms with Gasteiger partial charge < -0.3 is 20.5 Å². The lowest BCUT2D eigenvalue weighted by Gasteiger charge is -2.16. The van der Waals surface area contributed by atoms with Crippen LogP contribution in [0.3, 0.4) is 0 Å². The first-order valence-corrected chi connectivity index (χ1v) is 6.61. The van der Waals surface area contributed by atoms with E-state index in [2.05, 4.69) is 15.3 Å². The third-order valence-corrected chi connectivity index (χ3v) is 3.09. The Kier molecular flexibility index (Phi) is 4.54. The first-order valence-electron chi connectivity index (χ1n) is 6.61. The molecule has 4 N–H and O–H groups in total. The zero-order valence-electron chi connectivity index (χ0n) is 11.5. The molecule has 2 atom stereocenters. The van der Waals surface area contributed by atoms with Crippen molar-refractivity contribution in [3.05, 3.63) is 30.1 Å². The number of H-pyrrole nitrogens is 1. The minimum atomic E-state index is -1.30. The summed E-state index contributed by atoms with van der Waals surface area (Å²) in [6, 6.07) is 6.22. The van der Waals surface area contributed by atoms with Gasteiger partial charge in [0.05, 0.1) is 17.1 Å². The quantitative estimate of drug-likeness (QED) is 0.616. The molecule has 1 aromatic heterocycles. The summed E-state index contributed by atoms with van der Waals surface area (Å²) < 4.78 is 0. The molecule has 2 unspecified atom stereocenters. The number of nitrogens with zero attached hydrogens (tertiary/aromatic N) is 1. The number of amides is 1. The highest BCUT2D eigenvalue weighted by Gasteiger charge is 2.24. The maximum atomic E-state index is 11.7. The molecule has 2 rings (SSSR count). The van der Waals surface area contributed by atoms with Crippen LogP contribution in [-0.4, -0.2) is 44.2 Å². The van der Waals surface area contributed by atoms with Gasteiger partial charge in [-0.1, -0.05) is 12.1 Å². The first kappa shape index (κ1) is 15.0. The summed E-state index contributed by atoms with van der Waals surface area (Å²) in [5, 5.41) is 20.5. The Balaban J connectivity index is 1.93. The number of aliphatic hydroxyl groups is 1. The number of nitrogens with one attached hydrogen (secondary N) is 2. The molecule has 112 valence electrons. The number of aliphatic carboxylic acids is 1. The van der Waals surface area contributed by atoms with Crippen molar-refractivity contribution in [3.8, 4) is 0 Å². The predicted octanol–water partition coefficient (Wildman–Crippen LogP) is 0.446. The summed E-state index contributed by atoms with van der Waals surface area (Å²) in [7, 11) is 0. The molecule has 2 aromatic rings. The van der Waals surface area contributed by atoms with Crippen LogP contribution in [0, 0.1) is 0 Å². The average Bonchev–Trinajstić information content (AvgIpc) is 2.84. The van der Waals surface area contributed by atoms with E-state index in [4.69, 9.17) is 5.11 Å². The maximum Gasteiger partial charge on any atom is 0.328 e. The van der Waals surface area contributed by atoms with Gasteiger partial charge in [0.25, 0.3) is 0 Å². The summed E-state index contributed by atoms with van der Waals surface area (Å²) in [5.74, 6) is -1.04. The standard InChI is InChI=1S/C14H17N3O4/c1-8(18)13(14(20)21)17-12(19)7-6-11-15-9-4-2-3-5-10(9)16-11/h2-5,8,13,18H,6-7H2,1H3,(H,15,16)(H,17,19)(H,20,21). The fourth-order valence-corrected chi connectivity index (χ4v) is 1.99. The van der Waals surface area contributed by atoms with Gasteiger partial charge in [-0.3, -0.25) is 4.79 Å². The molecule has 1 aromatic carbocycles. The number of aromatic nitrogens is 2. The second-order valence-corrected chi connectivity index (χ2v) is 4.82. The Hall–Kier alpha value is -2.41. The minimum Gasteiger partial charge on any atom is -0.480 e. The molecule has 7 nitrogen and oxygen atoms in total. The van der Waals surface area contributed by atoms with E-state index < -0.39 is 24.0 Å². The van der Waals surface area contributed by atoms with E-state index in [1.807, 2.05) is 24.3 Å². The van der Waals surface area contributed by atoms with Gasteiger partial charge in [0.1, 0.15) is 5.82 Å². The van der Waals surface area contributed by atoms with E-state index in [-0.39, 0.29) is 6.42 Å². The molecule has 0 saturated carbocycles. The molecule has 0 aliphatic carbocycles. The van der Waals surface area contributed by atoms with Crippen LogP contribution < -0.4 is 5.32 Å². The Morgan fingerprint density at radius 3 is 2.71 bits per heavy atom. The highest BCUT2D eigenvalue weighted by Crippen LogP contribution is 2.11. The van der Waals surface area contributed by atoms with E-state index in [1.54, 1.807) is 0 Å². The largest absolute Gasteiger partial charge is 0.480 e. The minimum absolute atomic E-state index is 0.0936. The summed E-state index contributed by atoms with van der Waals surface area (Å²) in [6.07, 6.45) is -0.694. The smallest absolute Gasteiger partial charge is 0.328 e. The third kappa shape index (κ3) is 3.79. The molecule has 0 fully saturated rings. The Labute approximate surface area is 121 Å². The average molecular weight is 291 g/mol. The zero-order chi connectivity index (χ0) is 15.4. The van der Waals surface area contributed by atoms with E-state index in [9.17, 15) is 14.7 Å². The molecule has 0 radical (unpaired) electrons. The Morgan fingerprint density at radius 2 is 2.10 bits per heavy atom. The molecule has 0 bridgehead atoms. The van der Waals surface area contributed by atoms with Crippen molar-refractivity contribution < 1.29 is 19.8 Å². The fourth-order valence-electron chi connectivity index (χ4n) is 1.99. The van der Waals surface area contributed by atoms with Gasteiger partial charge >= 0.3 is 5.97 Å². The first-order chi connectivity index (χ1) is 9.97. The van der Waals surface area contributed by atoms with Gasteiger partial charge in [-0.05, 0) is 19.1 Å². The number of aliphatic hydroxyl groups excluding tert-OH is 1. The summed E-state index contributed by atoms with van der Waals surface area (Å²) >= 11 is 0. The number of rotatable bonds is 6. The van der Waals surface area contributed by atoms with E-state index in [0.29, 0.717) is 12.2 Å². The van der Waals surface area contributed by atoms with Crippen molar-refractivity contribution in [2.45, 2.75) is 31.9 Å². The summed E-state index contributed by atoms with van der Waals surface area (Å²) in [5.41, 5.74) is 1.71. The highest BCUT2D eigenvalue weighted by molar-refractivity contribution is 5.84. The second kappa shape index (κ2) is 6.36. The van der Waals surface area contributed by atoms with E-state index >= 15 is 0 Å². The number of aromatic amines is 1. The van der Waals surface area contributed by atoms with Crippen LogP contribution in [0.2, 0.25) is 0 Å². The number of benzene rings is 1. The molecule has 0 aliphatic heterocycles. The predicted molar refractivity (Wildman–Crippen MR) is 75.7 cm³/mol. The van der Waals surface area contributed by atoms with E-state index in [0.717, 1.165) is 11.0 Å². The number of aryl methyl sites for hydroxylation is 1. The lowest BCUT2D eigenvalue weighted by molar-refractivity contribution is -0.144. The van der Waals surface area contributed by atoms with Gasteiger partial charge in [0.15, 0.2) is 6.04 Å². The molecule has 21 heavy (non-hydrogen) atoms. The third-order valence-electron chi connectivity index (χ3n) is 3.09. The van der Waals surface area contributed by atoms with Gasteiger partial charge in [0, 0.05) is 12.8 Å². The van der Waals surface area contributed by atoms with Crippen molar-refractivity contribution in [1.82, 2.24) is 15.3 Å². The van der Waals surface area contributed by atoms with E-state index in [1.165, 1.54) is 6.92 Å². The second-order valence-electron chi connectivity index (χ2n) is 4.82. The highest BCUT2D eigenvalue weighted by atomic mass is 16.4. The topological polar surface area (TPSA) is 115 Å². The number of carbonyl (C=O) groups is 2. The number of hydrogen-bond acceptors (Lipinski definition) is 4. The van der Waals surface area contributed by atoms with Crippen LogP contribution in [0.1, 0.15) is 19.2 Å². The fraction of sp³-hybridized carbons (Fsp3) is 0.357. The van der Waals surface area contributed by atoms with Gasteiger partial charge in [-0.25, -0.2) is 9.78 Å². The SMILES string of the molecule is CC(O)C(NC(=O)CCc1nc2ccccc2[nH]1)C(=O)O. The monoisotopic (exact) mass is 291 g/mol. The van der Waals surface area contributed by atoms with Crippen molar-refractivity contribution >= 4 is 22.9 Å². The Bertz CT molecular complexity index is 617. The number of hydrogen-bond donors (Lipinski definition) is 4. The van der Waals surface area contributed by atoms with Gasteiger partial charge in [0.2, 0.25) is 5.91 Å². The molecular formula is C14H17N3O4. The number of carboxylic acids is 1. The van der Waals surface area contributed by atoms with Crippen LogP contribution in [0.4, 0.5) is 0 Å². The van der Waals surface area contributed by atoms with Crippen LogP contribution in [-0.2, 0) is 16.0 Å². The van der Waals surface area contributed by atoms with Gasteiger partial charge in [-0.2, -0.15) is 0 Å². The molecule has 0 spiro atoms. The van der Waals surface area contributed by atoms with Crippen molar-refractivity contribution in [1.29, 1.82) is 0 Å². The number of fused-ring (bicyclic) bond motifs is 1. The Morgan fingerprint density at radius 1 is 1.38 bits per heavy atom. The summed E-state index contributed by atoms with van der Waals surface area (Å²) in [4.78, 5) is 30.0. The zero-order valence-corrected chi connectivity index (χ0v) is 11.5. The van der Waals surface area contributed by atoms with Crippen LogP contribution in [0.15, 0.2) is 24.3 Å². The number of carbonyl (C=O) groups excluding carboxylic acids is 1. The van der Waals surface area contributed by atoms with Crippen LogP contribution in [0.25, 0.3) is 11.0 Å². The van der Waals surface area contributed by atoms with Crippen molar-refractivity contribution in [2.24, 2.45) is 0 Å². The number of para-hydroxylation sites is 2. The van der Waals surface area contributed by atoms with Gasteiger partial charge in [-0.15, -0.1) is 0 Å². The van der Waals surface area contributed by atoms with Crippen molar-refractivity contribution in [2.75, 3.05) is 0 Å². The van der Waals surface area contributed by atoms with Crippen molar-refractivity contribution in [3.63, 3.8) is 0 Å². The molecule has 1 amide bonds. The number of carboxylic acid groups (broad SMARTS) is 1. The number of imidazole rings is 1. The molecule has 0 saturated heterocycles. The maximum absolute atomic E-state index is 11.7. The molecule has 0 aliphatic rings. The molecular weight excluding hydrogens is 274 g/mol.